The molecule has 0 atom stereocenters. The summed E-state index contributed by atoms with van der Waals surface area (Å²) in [7, 11) is 3.25. The van der Waals surface area contributed by atoms with E-state index in [2.05, 4.69) is 25.6 Å². The van der Waals surface area contributed by atoms with Crippen LogP contribution in [-0.4, -0.2) is 29.2 Å². The van der Waals surface area contributed by atoms with E-state index in [1.54, 1.807) is 20.4 Å². The SMILES string of the molecule is COc1ccc(CNc2cc(Nc3cccc4cccnc34)ncn2)cc1OC. The molecule has 0 saturated carbocycles. The summed E-state index contributed by atoms with van der Waals surface area (Å²) in [6, 6.07) is 17.6. The van der Waals surface area contributed by atoms with Gasteiger partial charge in [-0.05, 0) is 29.8 Å². The smallest absolute Gasteiger partial charge is 0.161 e. The highest BCUT2D eigenvalue weighted by Crippen LogP contribution is 2.28. The molecule has 4 rings (SSSR count). The summed E-state index contributed by atoms with van der Waals surface area (Å²) in [4.78, 5) is 13.1. The molecule has 2 aromatic heterocycles. The molecule has 0 amide bonds. The third-order valence-corrected chi connectivity index (χ3v) is 4.48. The summed E-state index contributed by atoms with van der Waals surface area (Å²) >= 11 is 0. The molecular formula is C22H21N5O2. The van der Waals surface area contributed by atoms with E-state index >= 15 is 0 Å². The zero-order valence-electron chi connectivity index (χ0n) is 16.2. The lowest BCUT2D eigenvalue weighted by atomic mass is 10.2. The number of fused-ring (bicyclic) bond motifs is 1. The Morgan fingerprint density at radius 3 is 2.52 bits per heavy atom. The summed E-state index contributed by atoms with van der Waals surface area (Å²) in [5, 5.41) is 7.71. The monoisotopic (exact) mass is 387 g/mol. The summed E-state index contributed by atoms with van der Waals surface area (Å²) < 4.78 is 10.6. The number of para-hydroxylation sites is 1. The molecule has 0 fully saturated rings. The molecule has 0 aliphatic carbocycles. The van der Waals surface area contributed by atoms with E-state index in [1.165, 1.54) is 6.33 Å². The van der Waals surface area contributed by atoms with Crippen LogP contribution in [0.4, 0.5) is 17.3 Å². The van der Waals surface area contributed by atoms with Crippen molar-refractivity contribution in [3.8, 4) is 11.5 Å². The number of rotatable bonds is 7. The molecule has 2 aromatic carbocycles. The van der Waals surface area contributed by atoms with Crippen LogP contribution >= 0.6 is 0 Å². The van der Waals surface area contributed by atoms with Crippen LogP contribution in [0.1, 0.15) is 5.56 Å². The van der Waals surface area contributed by atoms with Crippen LogP contribution in [0.5, 0.6) is 11.5 Å². The Morgan fingerprint density at radius 2 is 1.66 bits per heavy atom. The second-order valence-electron chi connectivity index (χ2n) is 6.34. The predicted molar refractivity (Wildman–Crippen MR) is 114 cm³/mol. The van der Waals surface area contributed by atoms with Crippen molar-refractivity contribution >= 4 is 28.2 Å². The van der Waals surface area contributed by atoms with Gasteiger partial charge in [-0.1, -0.05) is 24.3 Å². The normalized spacial score (nSPS) is 10.6. The summed E-state index contributed by atoms with van der Waals surface area (Å²) in [5.74, 6) is 2.80. The highest BCUT2D eigenvalue weighted by atomic mass is 16.5. The number of pyridine rings is 1. The average Bonchev–Trinajstić information content (AvgIpc) is 2.78. The second-order valence-corrected chi connectivity index (χ2v) is 6.34. The van der Waals surface area contributed by atoms with Crippen LogP contribution in [0.2, 0.25) is 0 Å². The zero-order valence-corrected chi connectivity index (χ0v) is 16.2. The van der Waals surface area contributed by atoms with Gasteiger partial charge in [0.25, 0.3) is 0 Å². The Bertz CT molecular complexity index is 1130. The Balaban J connectivity index is 1.49. The molecule has 29 heavy (non-hydrogen) atoms. The van der Waals surface area contributed by atoms with Crippen molar-refractivity contribution in [3.63, 3.8) is 0 Å². The molecule has 4 aromatic rings. The molecule has 146 valence electrons. The summed E-state index contributed by atoms with van der Waals surface area (Å²) in [5.41, 5.74) is 2.84. The van der Waals surface area contributed by atoms with Crippen molar-refractivity contribution < 1.29 is 9.47 Å². The van der Waals surface area contributed by atoms with Gasteiger partial charge in [-0.25, -0.2) is 9.97 Å². The van der Waals surface area contributed by atoms with Gasteiger partial charge < -0.3 is 20.1 Å². The zero-order chi connectivity index (χ0) is 20.1. The lowest BCUT2D eigenvalue weighted by Crippen LogP contribution is -2.04. The maximum absolute atomic E-state index is 5.36. The number of aromatic nitrogens is 3. The number of anilines is 3. The van der Waals surface area contributed by atoms with E-state index in [0.29, 0.717) is 29.7 Å². The van der Waals surface area contributed by atoms with E-state index in [9.17, 15) is 0 Å². The van der Waals surface area contributed by atoms with Crippen LogP contribution in [0.25, 0.3) is 10.9 Å². The van der Waals surface area contributed by atoms with Gasteiger partial charge in [0.05, 0.1) is 25.4 Å². The second kappa shape index (κ2) is 8.43. The van der Waals surface area contributed by atoms with Gasteiger partial charge in [0.15, 0.2) is 11.5 Å². The number of hydrogen-bond donors (Lipinski definition) is 2. The maximum atomic E-state index is 5.36. The van der Waals surface area contributed by atoms with Crippen LogP contribution in [-0.2, 0) is 6.54 Å². The van der Waals surface area contributed by atoms with E-state index in [4.69, 9.17) is 9.47 Å². The molecule has 0 unspecified atom stereocenters. The average molecular weight is 387 g/mol. The van der Waals surface area contributed by atoms with Gasteiger partial charge in [-0.15, -0.1) is 0 Å². The first-order valence-corrected chi connectivity index (χ1v) is 9.14. The van der Waals surface area contributed by atoms with Crippen LogP contribution < -0.4 is 20.1 Å². The van der Waals surface area contributed by atoms with Gasteiger partial charge >= 0.3 is 0 Å². The highest BCUT2D eigenvalue weighted by Gasteiger charge is 2.06. The van der Waals surface area contributed by atoms with Crippen LogP contribution in [0, 0.1) is 0 Å². The van der Waals surface area contributed by atoms with Crippen molar-refractivity contribution in [2.24, 2.45) is 0 Å². The third-order valence-electron chi connectivity index (χ3n) is 4.48. The molecule has 7 heteroatoms. The first-order valence-electron chi connectivity index (χ1n) is 9.14. The molecule has 7 nitrogen and oxygen atoms in total. The number of ether oxygens (including phenoxy) is 2. The standard InChI is InChI=1S/C22H21N5O2/c1-28-18-9-8-15(11-19(18)29-2)13-24-20-12-21(26-14-25-20)27-17-7-3-5-16-6-4-10-23-22(16)17/h3-12,14H,13H2,1-2H3,(H2,24,25,26,27). The highest BCUT2D eigenvalue weighted by molar-refractivity contribution is 5.91. The van der Waals surface area contributed by atoms with Crippen molar-refractivity contribution in [3.05, 3.63) is 72.7 Å². The topological polar surface area (TPSA) is 81.2 Å². The molecule has 2 N–H and O–H groups in total. The van der Waals surface area contributed by atoms with E-state index in [1.807, 2.05) is 54.6 Å². The Morgan fingerprint density at radius 1 is 0.828 bits per heavy atom. The third kappa shape index (κ3) is 4.19. The Kier molecular flexibility index (Phi) is 5.38. The molecular weight excluding hydrogens is 366 g/mol. The van der Waals surface area contributed by atoms with Gasteiger partial charge in [0, 0.05) is 24.2 Å². The van der Waals surface area contributed by atoms with E-state index in [-0.39, 0.29) is 0 Å². The lowest BCUT2D eigenvalue weighted by Gasteiger charge is -2.12. The number of nitrogens with one attached hydrogen (secondary N) is 2. The van der Waals surface area contributed by atoms with Gasteiger partial charge in [0.1, 0.15) is 18.0 Å². The minimum Gasteiger partial charge on any atom is -0.493 e. The maximum Gasteiger partial charge on any atom is 0.161 e. The quantitative estimate of drug-likeness (QED) is 0.486. The minimum absolute atomic E-state index is 0.590. The van der Waals surface area contributed by atoms with Crippen molar-refractivity contribution in [1.29, 1.82) is 0 Å². The molecule has 0 aliphatic rings. The van der Waals surface area contributed by atoms with Crippen molar-refractivity contribution in [2.45, 2.75) is 6.54 Å². The first-order chi connectivity index (χ1) is 14.3. The van der Waals surface area contributed by atoms with Crippen LogP contribution in [0.3, 0.4) is 0 Å². The fraction of sp³-hybridized carbons (Fsp3) is 0.136. The summed E-state index contributed by atoms with van der Waals surface area (Å²) in [6.07, 6.45) is 3.31. The Labute approximate surface area is 168 Å². The molecule has 2 heterocycles. The molecule has 0 spiro atoms. The molecule has 0 bridgehead atoms. The Hall–Kier alpha value is -3.87. The van der Waals surface area contributed by atoms with Gasteiger partial charge in [-0.2, -0.15) is 0 Å². The van der Waals surface area contributed by atoms with Gasteiger partial charge in [0.2, 0.25) is 0 Å². The lowest BCUT2D eigenvalue weighted by molar-refractivity contribution is 0.354. The number of benzene rings is 2. The minimum atomic E-state index is 0.590. The molecule has 0 aliphatic heterocycles. The summed E-state index contributed by atoms with van der Waals surface area (Å²) in [6.45, 7) is 0.590. The largest absolute Gasteiger partial charge is 0.493 e. The van der Waals surface area contributed by atoms with E-state index < -0.39 is 0 Å². The number of hydrogen-bond acceptors (Lipinski definition) is 7. The number of nitrogens with zero attached hydrogens (tertiary/aromatic N) is 3. The van der Waals surface area contributed by atoms with Crippen molar-refractivity contribution in [1.82, 2.24) is 15.0 Å². The molecule has 0 saturated heterocycles. The number of methoxy groups -OCH3 is 2. The fourth-order valence-corrected chi connectivity index (χ4v) is 3.05. The van der Waals surface area contributed by atoms with Crippen LogP contribution in [0.15, 0.2) is 67.1 Å². The fourth-order valence-electron chi connectivity index (χ4n) is 3.05. The molecule has 0 radical (unpaired) electrons. The first kappa shape index (κ1) is 18.5. The van der Waals surface area contributed by atoms with E-state index in [0.717, 1.165) is 22.2 Å². The predicted octanol–water partition coefficient (Wildman–Crippen LogP) is 4.40. The van der Waals surface area contributed by atoms with Crippen molar-refractivity contribution in [2.75, 3.05) is 24.9 Å². The van der Waals surface area contributed by atoms with Gasteiger partial charge in [-0.3, -0.25) is 4.98 Å².